The van der Waals surface area contributed by atoms with Gasteiger partial charge in [-0.3, -0.25) is 4.55 Å². The Kier molecular flexibility index (Phi) is 8.16. The predicted octanol–water partition coefficient (Wildman–Crippen LogP) is 7.50. The van der Waals surface area contributed by atoms with Crippen molar-refractivity contribution in [3.63, 3.8) is 0 Å². The van der Waals surface area contributed by atoms with Crippen molar-refractivity contribution in [2.24, 2.45) is 52.3 Å². The summed E-state index contributed by atoms with van der Waals surface area (Å²) < 4.78 is 63.1. The van der Waals surface area contributed by atoms with E-state index in [0.717, 1.165) is 42.9 Å². The molecule has 1 N–H and O–H groups in total. The van der Waals surface area contributed by atoms with Crippen molar-refractivity contribution >= 4 is 16.1 Å². The summed E-state index contributed by atoms with van der Waals surface area (Å²) in [5.41, 5.74) is 0.509. The zero-order chi connectivity index (χ0) is 27.4. The number of carbonyl (C=O) groups is 1. The first-order valence-corrected chi connectivity index (χ1v) is 16.1. The zero-order valence-corrected chi connectivity index (χ0v) is 24.2. The number of carbonyl (C=O) groups excluding carboxylic acids is 1. The van der Waals surface area contributed by atoms with E-state index in [-0.39, 0.29) is 11.3 Å². The summed E-state index contributed by atoms with van der Waals surface area (Å²) in [5.74, 6) is 2.51. The number of halogens is 2. The fourth-order valence-corrected chi connectivity index (χ4v) is 9.93. The molecule has 4 saturated carbocycles. The number of rotatable bonds is 8. The minimum Gasteiger partial charge on any atom is -0.457 e. The van der Waals surface area contributed by atoms with Crippen LogP contribution in [-0.2, 0) is 19.6 Å². The Labute approximate surface area is 222 Å². The molecule has 0 aromatic heterocycles. The fourth-order valence-electron chi connectivity index (χ4n) is 9.68. The molecule has 0 saturated heterocycles. The molecule has 0 spiro atoms. The first-order chi connectivity index (χ1) is 17.1. The second-order valence-electron chi connectivity index (χ2n) is 14.0. The molecule has 0 aliphatic heterocycles. The molecule has 9 atom stereocenters. The van der Waals surface area contributed by atoms with Crippen LogP contribution in [0.4, 0.5) is 8.78 Å². The van der Waals surface area contributed by atoms with Crippen molar-refractivity contribution in [1.82, 2.24) is 0 Å². The predicted molar refractivity (Wildman–Crippen MR) is 139 cm³/mol. The molecule has 0 radical (unpaired) electrons. The number of hydrogen-bond donors (Lipinski definition) is 1. The molecule has 0 unspecified atom stereocenters. The minimum atomic E-state index is -5.85. The van der Waals surface area contributed by atoms with E-state index in [1.807, 2.05) is 0 Å². The topological polar surface area (TPSA) is 80.7 Å². The third-order valence-corrected chi connectivity index (χ3v) is 12.5. The average molecular weight is 547 g/mol. The molecular weight excluding hydrogens is 498 g/mol. The Hall–Kier alpha value is -0.760. The average Bonchev–Trinajstić information content (AvgIpc) is 3.15. The van der Waals surface area contributed by atoms with Crippen LogP contribution >= 0.6 is 0 Å². The first kappa shape index (κ1) is 29.2. The van der Waals surface area contributed by atoms with Crippen molar-refractivity contribution in [1.29, 1.82) is 0 Å². The summed E-state index contributed by atoms with van der Waals surface area (Å²) >= 11 is 0. The van der Waals surface area contributed by atoms with Gasteiger partial charge in [-0.15, -0.1) is 0 Å². The number of alkyl halides is 2. The monoisotopic (exact) mass is 546 g/mol. The second kappa shape index (κ2) is 10.3. The van der Waals surface area contributed by atoms with Gasteiger partial charge in [-0.1, -0.05) is 53.9 Å². The molecule has 0 aromatic carbocycles. The molecule has 4 fully saturated rings. The lowest BCUT2D eigenvalue weighted by Crippen LogP contribution is -2.54. The van der Waals surface area contributed by atoms with E-state index in [2.05, 4.69) is 34.6 Å². The van der Waals surface area contributed by atoms with E-state index in [4.69, 9.17) is 9.29 Å². The van der Waals surface area contributed by atoms with Gasteiger partial charge in [0.2, 0.25) is 0 Å². The summed E-state index contributed by atoms with van der Waals surface area (Å²) in [4.78, 5) is 11.9. The van der Waals surface area contributed by atoms with Gasteiger partial charge in [-0.2, -0.15) is 17.2 Å². The maximum absolute atomic E-state index is 13.7. The van der Waals surface area contributed by atoms with Gasteiger partial charge in [0.25, 0.3) is 0 Å². The number of ether oxygens (including phenoxy) is 1. The molecule has 37 heavy (non-hydrogen) atoms. The van der Waals surface area contributed by atoms with E-state index < -0.39 is 27.4 Å². The van der Waals surface area contributed by atoms with Gasteiger partial charge < -0.3 is 4.74 Å². The smallest absolute Gasteiger partial charge is 0.457 e. The molecule has 5 nitrogen and oxygen atoms in total. The third-order valence-electron chi connectivity index (χ3n) is 11.7. The quantitative estimate of drug-likeness (QED) is 0.252. The van der Waals surface area contributed by atoms with Crippen LogP contribution in [-0.4, -0.2) is 30.3 Å². The van der Waals surface area contributed by atoms with Gasteiger partial charge in [-0.05, 0) is 110 Å². The van der Waals surface area contributed by atoms with Gasteiger partial charge in [0, 0.05) is 0 Å². The van der Waals surface area contributed by atoms with Gasteiger partial charge in [0.05, 0.1) is 0 Å². The highest BCUT2D eigenvalue weighted by atomic mass is 32.2. The molecule has 4 aliphatic carbocycles. The molecule has 8 heteroatoms. The van der Waals surface area contributed by atoms with Gasteiger partial charge >= 0.3 is 21.3 Å². The van der Waals surface area contributed by atoms with Gasteiger partial charge in [0.1, 0.15) is 6.10 Å². The minimum absolute atomic E-state index is 0.0969. The molecule has 0 heterocycles. The van der Waals surface area contributed by atoms with E-state index in [9.17, 15) is 22.0 Å². The van der Waals surface area contributed by atoms with Crippen LogP contribution in [0, 0.1) is 52.3 Å². The second-order valence-corrected chi connectivity index (χ2v) is 15.4. The summed E-state index contributed by atoms with van der Waals surface area (Å²) in [5, 5.41) is -4.93. The lowest BCUT2D eigenvalue weighted by Gasteiger charge is -2.61. The Morgan fingerprint density at radius 1 is 0.973 bits per heavy atom. The Morgan fingerprint density at radius 3 is 2.27 bits per heavy atom. The van der Waals surface area contributed by atoms with Crippen LogP contribution in [0.15, 0.2) is 0 Å². The van der Waals surface area contributed by atoms with Crippen molar-refractivity contribution in [2.75, 3.05) is 0 Å². The highest BCUT2D eigenvalue weighted by Gasteiger charge is 2.61. The summed E-state index contributed by atoms with van der Waals surface area (Å²) in [6, 6.07) is 0. The van der Waals surface area contributed by atoms with Crippen molar-refractivity contribution in [3.8, 4) is 0 Å². The van der Waals surface area contributed by atoms with Crippen LogP contribution in [0.25, 0.3) is 0 Å². The molecular formula is C29H48F2O5S. The first-order valence-electron chi connectivity index (χ1n) is 14.7. The Balaban J connectivity index is 1.41. The maximum atomic E-state index is 13.7. The zero-order valence-electron chi connectivity index (χ0n) is 23.3. The van der Waals surface area contributed by atoms with Crippen LogP contribution in [0.3, 0.4) is 0 Å². The third kappa shape index (κ3) is 5.24. The van der Waals surface area contributed by atoms with Gasteiger partial charge in [0.15, 0.2) is 0 Å². The van der Waals surface area contributed by atoms with Crippen LogP contribution < -0.4 is 0 Å². The molecule has 0 aromatic rings. The normalized spacial score (nSPS) is 41.0. The lowest BCUT2D eigenvalue weighted by molar-refractivity contribution is -0.177. The maximum Gasteiger partial charge on any atom is 0.465 e. The molecule has 4 aliphatic rings. The van der Waals surface area contributed by atoms with Crippen LogP contribution in [0.5, 0.6) is 0 Å². The number of esters is 1. The Bertz CT molecular complexity index is 952. The highest BCUT2D eigenvalue weighted by molar-refractivity contribution is 7.87. The standard InChI is InChI=1S/C29H48F2O5S/c1-18(2)7-6-8-19(3)23-11-12-24-22-10-9-20-17-21(36-26(32)29(30,31)37(33,34)35)13-15-27(20,4)25(22)14-16-28(23,24)5/h18-25H,6-17H2,1-5H3,(H,33,34,35)/t19-,20+,21+,22+,23-,24+,25+,27+,28-/m1/s1. The van der Waals surface area contributed by atoms with E-state index in [0.29, 0.717) is 30.1 Å². The highest BCUT2D eigenvalue weighted by Crippen LogP contribution is 2.68. The molecule has 0 amide bonds. The Morgan fingerprint density at radius 2 is 1.62 bits per heavy atom. The summed E-state index contributed by atoms with van der Waals surface area (Å²) in [7, 11) is -5.85. The van der Waals surface area contributed by atoms with E-state index >= 15 is 0 Å². The molecule has 4 rings (SSSR count). The largest absolute Gasteiger partial charge is 0.465 e. The van der Waals surface area contributed by atoms with Crippen molar-refractivity contribution in [2.45, 2.75) is 123 Å². The van der Waals surface area contributed by atoms with Crippen LogP contribution in [0.2, 0.25) is 0 Å². The number of hydrogen-bond acceptors (Lipinski definition) is 4. The molecule has 0 bridgehead atoms. The van der Waals surface area contributed by atoms with E-state index in [1.54, 1.807) is 0 Å². The lowest BCUT2D eigenvalue weighted by atomic mass is 9.44. The van der Waals surface area contributed by atoms with Crippen molar-refractivity contribution in [3.05, 3.63) is 0 Å². The van der Waals surface area contributed by atoms with Crippen LogP contribution in [0.1, 0.15) is 112 Å². The fraction of sp³-hybridized carbons (Fsp3) is 0.966. The van der Waals surface area contributed by atoms with E-state index in [1.165, 1.54) is 44.9 Å². The summed E-state index contributed by atoms with van der Waals surface area (Å²) in [6.07, 6.45) is 12.3. The van der Waals surface area contributed by atoms with Crippen molar-refractivity contribution < 1.29 is 31.3 Å². The van der Waals surface area contributed by atoms with Gasteiger partial charge in [-0.25, -0.2) is 4.79 Å². The molecule has 214 valence electrons. The summed E-state index contributed by atoms with van der Waals surface area (Å²) in [6.45, 7) is 12.0. The number of fused-ring (bicyclic) bond motifs is 5. The SMILES string of the molecule is CC(C)CCC[C@@H](C)[C@H]1CC[C@H]2[C@@H]3CC[C@H]4C[C@@H](OC(=O)C(F)(F)S(=O)(=O)O)CC[C@]4(C)[C@H]3CC[C@]12C.